The molecule has 114 valence electrons. The van der Waals surface area contributed by atoms with E-state index >= 15 is 0 Å². The third-order valence-electron chi connectivity index (χ3n) is 4.52. The fourth-order valence-corrected chi connectivity index (χ4v) is 3.26. The topological polar surface area (TPSA) is 52.9 Å². The Balaban J connectivity index is 2.01. The number of rotatable bonds is 1. The van der Waals surface area contributed by atoms with Crippen LogP contribution < -0.4 is 5.73 Å². The van der Waals surface area contributed by atoms with E-state index in [4.69, 9.17) is 5.73 Å². The summed E-state index contributed by atoms with van der Waals surface area (Å²) in [6.45, 7) is 1.89. The maximum atomic E-state index is 13.2. The lowest BCUT2D eigenvalue weighted by Gasteiger charge is -2.08. The third-order valence-corrected chi connectivity index (χ3v) is 4.52. The lowest BCUT2D eigenvalue weighted by atomic mass is 10.1. The zero-order chi connectivity index (χ0) is 16.1. The van der Waals surface area contributed by atoms with Crippen molar-refractivity contribution in [3.8, 4) is 0 Å². The van der Waals surface area contributed by atoms with E-state index in [1.54, 1.807) is 4.57 Å². The maximum Gasteiger partial charge on any atom is 0.263 e. The number of para-hydroxylation sites is 1. The molecule has 0 aliphatic carbocycles. The Morgan fingerprint density at radius 3 is 2.52 bits per heavy atom. The highest BCUT2D eigenvalue weighted by Crippen LogP contribution is 2.30. The van der Waals surface area contributed by atoms with Gasteiger partial charge in [-0.25, -0.2) is 0 Å². The number of hydrogen-bond acceptors (Lipinski definition) is 2. The minimum absolute atomic E-state index is 0.0489. The molecule has 2 heterocycles. The van der Waals surface area contributed by atoms with Gasteiger partial charge in [0.2, 0.25) is 0 Å². The summed E-state index contributed by atoms with van der Waals surface area (Å²) in [7, 11) is 1.98. The van der Waals surface area contributed by atoms with Gasteiger partial charge in [-0.3, -0.25) is 9.36 Å². The van der Waals surface area contributed by atoms with Crippen LogP contribution in [0.25, 0.3) is 21.8 Å². The highest BCUT2D eigenvalue weighted by atomic mass is 16.2. The molecule has 0 saturated heterocycles. The summed E-state index contributed by atoms with van der Waals surface area (Å²) in [6.07, 6.45) is 1.97. The zero-order valence-electron chi connectivity index (χ0n) is 13.1. The SMILES string of the molecule is Cc1c(N)c2ccccc2n1C(=O)c1cccc2c1ccn2C. The number of carbonyl (C=O) groups is 1. The van der Waals surface area contributed by atoms with E-state index in [-0.39, 0.29) is 5.91 Å². The Morgan fingerprint density at radius 2 is 1.70 bits per heavy atom. The third kappa shape index (κ3) is 1.81. The number of carbonyl (C=O) groups excluding carboxylic acids is 1. The predicted molar refractivity (Wildman–Crippen MR) is 93.7 cm³/mol. The molecule has 0 aliphatic heterocycles. The molecule has 0 saturated carbocycles. The number of benzene rings is 2. The van der Waals surface area contributed by atoms with Gasteiger partial charge >= 0.3 is 0 Å². The van der Waals surface area contributed by atoms with Crippen molar-refractivity contribution in [2.24, 2.45) is 7.05 Å². The molecule has 0 bridgehead atoms. The normalized spacial score (nSPS) is 11.4. The molecule has 23 heavy (non-hydrogen) atoms. The second-order valence-corrected chi connectivity index (χ2v) is 5.82. The van der Waals surface area contributed by atoms with Gasteiger partial charge < -0.3 is 10.3 Å². The number of nitrogens with two attached hydrogens (primary N) is 1. The quantitative estimate of drug-likeness (QED) is 0.583. The van der Waals surface area contributed by atoms with Crippen molar-refractivity contribution >= 4 is 33.4 Å². The van der Waals surface area contributed by atoms with Gasteiger partial charge in [0.15, 0.2) is 0 Å². The van der Waals surface area contributed by atoms with Crippen molar-refractivity contribution in [3.05, 3.63) is 66.0 Å². The Labute approximate surface area is 133 Å². The monoisotopic (exact) mass is 303 g/mol. The minimum Gasteiger partial charge on any atom is -0.397 e. The minimum atomic E-state index is -0.0489. The molecule has 2 N–H and O–H groups in total. The lowest BCUT2D eigenvalue weighted by molar-refractivity contribution is 0.0965. The van der Waals surface area contributed by atoms with Gasteiger partial charge in [0.05, 0.1) is 11.2 Å². The number of fused-ring (bicyclic) bond motifs is 2. The molecule has 4 heteroatoms. The van der Waals surface area contributed by atoms with Crippen molar-refractivity contribution in [2.75, 3.05) is 5.73 Å². The molecule has 2 aromatic carbocycles. The van der Waals surface area contributed by atoms with Crippen molar-refractivity contribution in [1.82, 2.24) is 9.13 Å². The summed E-state index contributed by atoms with van der Waals surface area (Å²) in [5.41, 5.74) is 10.2. The van der Waals surface area contributed by atoms with Gasteiger partial charge in [0, 0.05) is 40.8 Å². The van der Waals surface area contributed by atoms with Gasteiger partial charge in [0.25, 0.3) is 5.91 Å². The first-order valence-electron chi connectivity index (χ1n) is 7.54. The first-order chi connectivity index (χ1) is 11.1. The molecular weight excluding hydrogens is 286 g/mol. The summed E-state index contributed by atoms with van der Waals surface area (Å²) in [4.78, 5) is 13.2. The van der Waals surface area contributed by atoms with Crippen molar-refractivity contribution in [1.29, 1.82) is 0 Å². The Morgan fingerprint density at radius 1 is 0.957 bits per heavy atom. The Bertz CT molecular complexity index is 1070. The van der Waals surface area contributed by atoms with Crippen LogP contribution in [-0.4, -0.2) is 15.0 Å². The van der Waals surface area contributed by atoms with E-state index in [0.29, 0.717) is 11.3 Å². The van der Waals surface area contributed by atoms with Gasteiger partial charge in [-0.2, -0.15) is 0 Å². The molecular formula is C19H17N3O. The molecule has 0 unspecified atom stereocenters. The molecule has 0 spiro atoms. The Kier molecular flexibility index (Phi) is 2.81. The van der Waals surface area contributed by atoms with Crippen LogP contribution in [0.2, 0.25) is 0 Å². The summed E-state index contributed by atoms with van der Waals surface area (Å²) < 4.78 is 3.73. The fraction of sp³-hybridized carbons (Fsp3) is 0.105. The van der Waals surface area contributed by atoms with Crippen molar-refractivity contribution < 1.29 is 4.79 Å². The number of anilines is 1. The van der Waals surface area contributed by atoms with Gasteiger partial charge in [0.1, 0.15) is 0 Å². The first-order valence-corrected chi connectivity index (χ1v) is 7.54. The van der Waals surface area contributed by atoms with Crippen LogP contribution in [0.5, 0.6) is 0 Å². The molecule has 0 fully saturated rings. The number of nitrogens with zero attached hydrogens (tertiary/aromatic N) is 2. The predicted octanol–water partition coefficient (Wildman–Crippen LogP) is 3.71. The van der Waals surface area contributed by atoms with E-state index in [2.05, 4.69) is 0 Å². The van der Waals surface area contributed by atoms with Crippen molar-refractivity contribution in [2.45, 2.75) is 6.92 Å². The highest BCUT2D eigenvalue weighted by Gasteiger charge is 2.20. The van der Waals surface area contributed by atoms with Crippen LogP contribution in [-0.2, 0) is 7.05 Å². The summed E-state index contributed by atoms with van der Waals surface area (Å²) >= 11 is 0. The van der Waals surface area contributed by atoms with Gasteiger partial charge in [-0.1, -0.05) is 24.3 Å². The van der Waals surface area contributed by atoms with Crippen LogP contribution in [0.1, 0.15) is 16.1 Å². The van der Waals surface area contributed by atoms with E-state index in [9.17, 15) is 4.79 Å². The van der Waals surface area contributed by atoms with E-state index < -0.39 is 0 Å². The summed E-state index contributed by atoms with van der Waals surface area (Å²) in [5.74, 6) is -0.0489. The first kappa shape index (κ1) is 13.6. The van der Waals surface area contributed by atoms with Crippen LogP contribution in [0.3, 0.4) is 0 Å². The van der Waals surface area contributed by atoms with Crippen molar-refractivity contribution in [3.63, 3.8) is 0 Å². The average Bonchev–Trinajstić information content (AvgIpc) is 3.07. The second-order valence-electron chi connectivity index (χ2n) is 5.82. The molecule has 0 atom stereocenters. The smallest absolute Gasteiger partial charge is 0.263 e. The average molecular weight is 303 g/mol. The van der Waals surface area contributed by atoms with Gasteiger partial charge in [-0.15, -0.1) is 0 Å². The molecule has 2 aromatic heterocycles. The fourth-order valence-electron chi connectivity index (χ4n) is 3.26. The van der Waals surface area contributed by atoms with E-state index in [1.807, 2.05) is 73.3 Å². The number of aromatic nitrogens is 2. The molecule has 0 aliphatic rings. The molecule has 4 aromatic rings. The van der Waals surface area contributed by atoms with Crippen LogP contribution in [0.15, 0.2) is 54.7 Å². The molecule has 0 radical (unpaired) electrons. The summed E-state index contributed by atoms with van der Waals surface area (Å²) in [5, 5.41) is 1.87. The highest BCUT2D eigenvalue weighted by molar-refractivity contribution is 6.12. The second kappa shape index (κ2) is 4.74. The standard InChI is InChI=1S/C19H17N3O/c1-12-18(20)15-6-3-4-8-17(15)22(12)19(23)14-7-5-9-16-13(14)10-11-21(16)2/h3-11H,20H2,1-2H3. The van der Waals surface area contributed by atoms with Crippen LogP contribution in [0.4, 0.5) is 5.69 Å². The van der Waals surface area contributed by atoms with E-state index in [0.717, 1.165) is 27.5 Å². The Hall–Kier alpha value is -3.01. The number of nitrogen functional groups attached to an aromatic ring is 1. The molecule has 4 nitrogen and oxygen atoms in total. The number of aryl methyl sites for hydroxylation is 1. The molecule has 0 amide bonds. The van der Waals surface area contributed by atoms with Crippen LogP contribution in [0, 0.1) is 6.92 Å². The largest absolute Gasteiger partial charge is 0.397 e. The van der Waals surface area contributed by atoms with Crippen LogP contribution >= 0.6 is 0 Å². The maximum absolute atomic E-state index is 13.2. The summed E-state index contributed by atoms with van der Waals surface area (Å²) in [6, 6.07) is 15.5. The zero-order valence-corrected chi connectivity index (χ0v) is 13.1. The molecule has 4 rings (SSSR count). The van der Waals surface area contributed by atoms with Gasteiger partial charge in [-0.05, 0) is 31.2 Å². The lowest BCUT2D eigenvalue weighted by Crippen LogP contribution is -2.14. The van der Waals surface area contributed by atoms with E-state index in [1.165, 1.54) is 0 Å². The number of hydrogen-bond donors (Lipinski definition) is 1.